The van der Waals surface area contributed by atoms with Crippen LogP contribution in [0, 0.1) is 0 Å². The maximum Gasteiger partial charge on any atom is 0.371 e. The zero-order chi connectivity index (χ0) is 18.4. The summed E-state index contributed by atoms with van der Waals surface area (Å²) < 4.78 is 6.30. The standard InChI is InChI=1S/C19H21N5OS/c1-3-14-7-9-15(10-8-14)21-17(25)11-13-26-19-23-22-18(24(19)4-2)16-6-5-12-20-16/h5-10,12H,3-4,11,13H2,1-2H3/p+1. The molecule has 6 nitrogen and oxygen atoms in total. The number of aromatic nitrogens is 3. The molecule has 1 aromatic carbocycles. The summed E-state index contributed by atoms with van der Waals surface area (Å²) in [7, 11) is 0. The summed E-state index contributed by atoms with van der Waals surface area (Å²) in [6, 6.07) is 7.95. The normalized spacial score (nSPS) is 12.5. The van der Waals surface area contributed by atoms with Crippen LogP contribution in [0.2, 0.25) is 0 Å². The summed E-state index contributed by atoms with van der Waals surface area (Å²) in [6.07, 6.45) is 6.95. The number of hydrogen-bond donors (Lipinski definition) is 1. The zero-order valence-electron chi connectivity index (χ0n) is 15.0. The van der Waals surface area contributed by atoms with E-state index in [4.69, 9.17) is 0 Å². The van der Waals surface area contributed by atoms with Gasteiger partial charge in [-0.05, 0) is 31.0 Å². The van der Waals surface area contributed by atoms with Gasteiger partial charge in [-0.2, -0.15) is 0 Å². The average molecular weight is 368 g/mol. The van der Waals surface area contributed by atoms with Gasteiger partial charge in [0, 0.05) is 36.6 Å². The fraction of sp³-hybridized carbons (Fsp3) is 0.316. The van der Waals surface area contributed by atoms with Crippen molar-refractivity contribution in [1.29, 1.82) is 0 Å². The molecule has 1 aromatic heterocycles. The summed E-state index contributed by atoms with van der Waals surface area (Å²) in [5, 5.41) is 12.2. The van der Waals surface area contributed by atoms with E-state index in [1.807, 2.05) is 47.9 Å². The monoisotopic (exact) mass is 368 g/mol. The lowest BCUT2D eigenvalue weighted by atomic mass is 10.1. The van der Waals surface area contributed by atoms with E-state index in [1.54, 1.807) is 6.21 Å². The molecule has 0 saturated heterocycles. The van der Waals surface area contributed by atoms with Crippen molar-refractivity contribution in [3.05, 3.63) is 47.8 Å². The Bertz CT molecular complexity index is 876. The van der Waals surface area contributed by atoms with Crippen LogP contribution in [-0.2, 0) is 17.8 Å². The van der Waals surface area contributed by atoms with Gasteiger partial charge in [-0.1, -0.05) is 35.5 Å². The number of anilines is 1. The van der Waals surface area contributed by atoms with Crippen molar-refractivity contribution in [3.63, 3.8) is 0 Å². The van der Waals surface area contributed by atoms with Crippen molar-refractivity contribution in [2.45, 2.75) is 38.4 Å². The van der Waals surface area contributed by atoms with Gasteiger partial charge in [0.15, 0.2) is 5.16 Å². The van der Waals surface area contributed by atoms with Crippen LogP contribution in [0.4, 0.5) is 5.69 Å². The number of nitrogens with one attached hydrogen (secondary N) is 1. The molecule has 134 valence electrons. The molecule has 7 heteroatoms. The van der Waals surface area contributed by atoms with Gasteiger partial charge in [0.2, 0.25) is 11.7 Å². The second-order valence-electron chi connectivity index (χ2n) is 5.77. The predicted octanol–water partition coefficient (Wildman–Crippen LogP) is 2.48. The zero-order valence-corrected chi connectivity index (χ0v) is 15.8. The first-order valence-corrected chi connectivity index (χ1v) is 9.72. The molecule has 0 radical (unpaired) electrons. The van der Waals surface area contributed by atoms with Crippen molar-refractivity contribution < 1.29 is 4.79 Å². The van der Waals surface area contributed by atoms with Gasteiger partial charge in [0.25, 0.3) is 6.21 Å². The maximum absolute atomic E-state index is 12.1. The topological polar surface area (TPSA) is 73.9 Å². The van der Waals surface area contributed by atoms with E-state index < -0.39 is 0 Å². The summed E-state index contributed by atoms with van der Waals surface area (Å²) in [6.45, 7) is 4.92. The molecular formula is C19H22N5OS+. The summed E-state index contributed by atoms with van der Waals surface area (Å²) in [5.74, 6) is 1.41. The van der Waals surface area contributed by atoms with E-state index >= 15 is 0 Å². The van der Waals surface area contributed by atoms with Crippen LogP contribution in [-0.4, -0.2) is 38.4 Å². The lowest BCUT2D eigenvalue weighted by molar-refractivity contribution is -0.115. The van der Waals surface area contributed by atoms with Gasteiger partial charge in [-0.15, -0.1) is 10.2 Å². The molecule has 0 bridgehead atoms. The Kier molecular flexibility index (Phi) is 6.04. The Hall–Kier alpha value is -2.63. The molecule has 0 aliphatic carbocycles. The highest BCUT2D eigenvalue weighted by molar-refractivity contribution is 7.99. The highest BCUT2D eigenvalue weighted by atomic mass is 32.2. The lowest BCUT2D eigenvalue weighted by Gasteiger charge is -2.06. The molecule has 1 aliphatic heterocycles. The molecule has 1 amide bonds. The molecular weight excluding hydrogens is 346 g/mol. The van der Waals surface area contributed by atoms with Gasteiger partial charge in [-0.3, -0.25) is 9.36 Å². The van der Waals surface area contributed by atoms with E-state index in [-0.39, 0.29) is 5.91 Å². The average Bonchev–Trinajstić information content (AvgIpc) is 3.31. The highest BCUT2D eigenvalue weighted by Crippen LogP contribution is 2.19. The van der Waals surface area contributed by atoms with Crippen LogP contribution in [0.1, 0.15) is 31.7 Å². The lowest BCUT2D eigenvalue weighted by Crippen LogP contribution is -2.13. The molecule has 3 rings (SSSR count). The van der Waals surface area contributed by atoms with Gasteiger partial charge >= 0.3 is 5.71 Å². The number of rotatable bonds is 8. The molecule has 0 saturated carbocycles. The van der Waals surface area contributed by atoms with E-state index in [0.29, 0.717) is 12.2 Å². The number of nitrogens with zero attached hydrogens (tertiary/aromatic N) is 4. The number of amides is 1. The fourth-order valence-electron chi connectivity index (χ4n) is 2.59. The Morgan fingerprint density at radius 3 is 2.69 bits per heavy atom. The molecule has 2 aromatic rings. The summed E-state index contributed by atoms with van der Waals surface area (Å²) in [4.78, 5) is 12.1. The van der Waals surface area contributed by atoms with E-state index in [9.17, 15) is 4.79 Å². The van der Waals surface area contributed by atoms with Gasteiger partial charge < -0.3 is 5.32 Å². The third-order valence-electron chi connectivity index (χ3n) is 4.02. The SMILES string of the molecule is CCc1ccc(NC(=O)CCSc2nnc(C3=[N+]=CC=C3)n2CC)cc1. The van der Waals surface area contributed by atoms with E-state index in [0.717, 1.165) is 35.3 Å². The quantitative estimate of drug-likeness (QED) is 0.574. The Morgan fingerprint density at radius 1 is 1.23 bits per heavy atom. The minimum Gasteiger partial charge on any atom is -0.326 e. The molecule has 1 N–H and O–H groups in total. The second-order valence-corrected chi connectivity index (χ2v) is 6.83. The van der Waals surface area contributed by atoms with E-state index in [2.05, 4.69) is 27.1 Å². The second kappa shape index (κ2) is 8.65. The number of hydrogen-bond acceptors (Lipinski definition) is 4. The predicted molar refractivity (Wildman–Crippen MR) is 107 cm³/mol. The van der Waals surface area contributed by atoms with Crippen molar-refractivity contribution in [2.75, 3.05) is 11.1 Å². The molecule has 0 unspecified atom stereocenters. The van der Waals surface area contributed by atoms with Crippen LogP contribution < -0.4 is 9.98 Å². The number of thioether (sulfide) groups is 1. The van der Waals surface area contributed by atoms with Crippen molar-refractivity contribution in [2.24, 2.45) is 0 Å². The smallest absolute Gasteiger partial charge is 0.326 e. The Labute approximate surface area is 157 Å². The highest BCUT2D eigenvalue weighted by Gasteiger charge is 2.22. The first kappa shape index (κ1) is 18.2. The summed E-state index contributed by atoms with van der Waals surface area (Å²) >= 11 is 1.54. The maximum atomic E-state index is 12.1. The van der Waals surface area contributed by atoms with Crippen LogP contribution in [0.15, 0.2) is 41.6 Å². The number of carbonyl (C=O) groups excluding carboxylic acids is 1. The number of allylic oxidation sites excluding steroid dienone is 2. The van der Waals surface area contributed by atoms with Crippen LogP contribution in [0.3, 0.4) is 0 Å². The number of carbonyl (C=O) groups is 1. The number of aryl methyl sites for hydroxylation is 1. The first-order valence-electron chi connectivity index (χ1n) is 8.74. The van der Waals surface area contributed by atoms with Crippen molar-refractivity contribution in [3.8, 4) is 0 Å². The summed E-state index contributed by atoms with van der Waals surface area (Å²) in [5.41, 5.74) is 2.91. The fourth-order valence-corrected chi connectivity index (χ4v) is 3.53. The number of benzene rings is 1. The van der Waals surface area contributed by atoms with Crippen LogP contribution in [0.25, 0.3) is 0 Å². The minimum atomic E-state index is 0.00207. The molecule has 1 aliphatic rings. The van der Waals surface area contributed by atoms with Crippen LogP contribution in [0.5, 0.6) is 0 Å². The first-order chi connectivity index (χ1) is 12.7. The third-order valence-corrected chi connectivity index (χ3v) is 4.99. The van der Waals surface area contributed by atoms with Crippen molar-refractivity contribution >= 4 is 35.3 Å². The molecule has 0 spiro atoms. The molecule has 2 heterocycles. The van der Waals surface area contributed by atoms with Gasteiger partial charge in [0.1, 0.15) is 0 Å². The molecule has 0 atom stereocenters. The Morgan fingerprint density at radius 2 is 2.04 bits per heavy atom. The van der Waals surface area contributed by atoms with E-state index in [1.165, 1.54) is 17.3 Å². The van der Waals surface area contributed by atoms with Gasteiger partial charge in [0.05, 0.1) is 0 Å². The minimum absolute atomic E-state index is 0.00207. The third kappa shape index (κ3) is 4.31. The van der Waals surface area contributed by atoms with Gasteiger partial charge in [-0.25, -0.2) is 0 Å². The Balaban J connectivity index is 1.53. The van der Waals surface area contributed by atoms with Crippen LogP contribution >= 0.6 is 11.8 Å². The molecule has 0 fully saturated rings. The molecule has 26 heavy (non-hydrogen) atoms. The largest absolute Gasteiger partial charge is 0.371 e. The van der Waals surface area contributed by atoms with Crippen molar-refractivity contribution in [1.82, 2.24) is 19.4 Å².